The van der Waals surface area contributed by atoms with E-state index >= 15 is 0 Å². The van der Waals surface area contributed by atoms with Crippen LogP contribution in [0.2, 0.25) is 0 Å². The Balaban J connectivity index is 1.83. The molecule has 1 saturated heterocycles. The first-order chi connectivity index (χ1) is 12.4. The number of carbonyl (C=O) groups is 1. The lowest BCUT2D eigenvalue weighted by Gasteiger charge is -2.25. The number of sulfonamides is 1. The van der Waals surface area contributed by atoms with Crippen molar-refractivity contribution in [1.82, 2.24) is 13.8 Å². The number of aryl methyl sites for hydroxylation is 1. The number of piperidine rings is 1. The van der Waals surface area contributed by atoms with E-state index in [1.807, 2.05) is 24.4 Å². The van der Waals surface area contributed by atoms with Crippen LogP contribution >= 0.6 is 11.3 Å². The monoisotopic (exact) mass is 395 g/mol. The molecule has 8 heteroatoms. The molecule has 2 aromatic rings. The third-order valence-corrected chi connectivity index (χ3v) is 7.47. The number of aromatic nitrogens is 1. The molecule has 0 N–H and O–H groups in total. The minimum atomic E-state index is -3.54. The fourth-order valence-electron chi connectivity index (χ4n) is 3.22. The van der Waals surface area contributed by atoms with E-state index in [0.29, 0.717) is 31.9 Å². The van der Waals surface area contributed by atoms with E-state index in [9.17, 15) is 13.2 Å². The number of thiophene rings is 1. The molecule has 0 spiro atoms. The maximum absolute atomic E-state index is 12.9. The van der Waals surface area contributed by atoms with E-state index in [2.05, 4.69) is 0 Å². The van der Waals surface area contributed by atoms with E-state index < -0.39 is 10.0 Å². The average Bonchev–Trinajstić information content (AvgIpc) is 3.29. The number of hydrogen-bond acceptors (Lipinski definition) is 4. The second-order valence-electron chi connectivity index (χ2n) is 6.54. The van der Waals surface area contributed by atoms with Gasteiger partial charge < -0.3 is 9.47 Å². The Hall–Kier alpha value is -1.64. The quantitative estimate of drug-likeness (QED) is 0.755. The molecule has 1 aliphatic rings. The van der Waals surface area contributed by atoms with Crippen molar-refractivity contribution in [1.29, 1.82) is 0 Å². The molecule has 0 unspecified atom stereocenters. The second-order valence-corrected chi connectivity index (χ2v) is 9.51. The van der Waals surface area contributed by atoms with Crippen molar-refractivity contribution in [2.45, 2.75) is 37.6 Å². The summed E-state index contributed by atoms with van der Waals surface area (Å²) >= 11 is 1.61. The van der Waals surface area contributed by atoms with Crippen LogP contribution in [0.4, 0.5) is 0 Å². The summed E-state index contributed by atoms with van der Waals surface area (Å²) in [5.74, 6) is -0.150. The molecule has 0 aromatic carbocycles. The van der Waals surface area contributed by atoms with Crippen molar-refractivity contribution in [3.05, 3.63) is 40.3 Å². The van der Waals surface area contributed by atoms with Crippen molar-refractivity contribution >= 4 is 27.3 Å². The SMILES string of the molecule is CCN(Cc1cccs1)C(=O)c1cc(S(=O)(=O)N2CCCCC2)cn1C. The first-order valence-electron chi connectivity index (χ1n) is 8.91. The van der Waals surface area contributed by atoms with Gasteiger partial charge in [-0.05, 0) is 37.3 Å². The highest BCUT2D eigenvalue weighted by Crippen LogP contribution is 2.23. The number of hydrogen-bond donors (Lipinski definition) is 0. The Morgan fingerprint density at radius 3 is 2.62 bits per heavy atom. The zero-order chi connectivity index (χ0) is 18.7. The zero-order valence-corrected chi connectivity index (χ0v) is 16.9. The Bertz CT molecular complexity index is 850. The van der Waals surface area contributed by atoms with Gasteiger partial charge in [0, 0.05) is 37.8 Å². The lowest BCUT2D eigenvalue weighted by atomic mass is 10.2. The van der Waals surface area contributed by atoms with Gasteiger partial charge in [-0.15, -0.1) is 11.3 Å². The zero-order valence-electron chi connectivity index (χ0n) is 15.2. The van der Waals surface area contributed by atoms with Gasteiger partial charge in [0.15, 0.2) is 0 Å². The van der Waals surface area contributed by atoms with Crippen LogP contribution < -0.4 is 0 Å². The van der Waals surface area contributed by atoms with Crippen LogP contribution in [0.1, 0.15) is 41.6 Å². The molecular formula is C18H25N3O3S2. The predicted octanol–water partition coefficient (Wildman–Crippen LogP) is 2.92. The Kier molecular flexibility index (Phi) is 5.84. The lowest BCUT2D eigenvalue weighted by molar-refractivity contribution is 0.0744. The highest BCUT2D eigenvalue weighted by Gasteiger charge is 2.29. The van der Waals surface area contributed by atoms with Crippen LogP contribution in [-0.2, 0) is 23.6 Å². The van der Waals surface area contributed by atoms with Crippen molar-refractivity contribution in [2.24, 2.45) is 7.05 Å². The van der Waals surface area contributed by atoms with Crippen LogP contribution in [0.15, 0.2) is 34.7 Å². The number of rotatable bonds is 6. The van der Waals surface area contributed by atoms with Gasteiger partial charge in [-0.2, -0.15) is 4.31 Å². The van der Waals surface area contributed by atoms with E-state index in [0.717, 1.165) is 24.1 Å². The summed E-state index contributed by atoms with van der Waals surface area (Å²) in [6.07, 6.45) is 4.40. The van der Waals surface area contributed by atoms with Crippen LogP contribution in [0.5, 0.6) is 0 Å². The molecule has 2 aromatic heterocycles. The molecule has 0 bridgehead atoms. The molecule has 1 aliphatic heterocycles. The molecule has 3 heterocycles. The molecule has 0 aliphatic carbocycles. The molecule has 6 nitrogen and oxygen atoms in total. The van der Waals surface area contributed by atoms with Gasteiger partial charge in [0.25, 0.3) is 5.91 Å². The van der Waals surface area contributed by atoms with Crippen LogP contribution in [0, 0.1) is 0 Å². The number of nitrogens with zero attached hydrogens (tertiary/aromatic N) is 3. The average molecular weight is 396 g/mol. The minimum Gasteiger partial charge on any atom is -0.345 e. The van der Waals surface area contributed by atoms with Crippen molar-refractivity contribution in [3.8, 4) is 0 Å². The Labute approximate surface area is 159 Å². The molecule has 1 fully saturated rings. The molecule has 0 radical (unpaired) electrons. The molecule has 26 heavy (non-hydrogen) atoms. The number of amides is 1. The summed E-state index contributed by atoms with van der Waals surface area (Å²) in [4.78, 5) is 16.0. The summed E-state index contributed by atoms with van der Waals surface area (Å²) < 4.78 is 28.9. The van der Waals surface area contributed by atoms with Gasteiger partial charge >= 0.3 is 0 Å². The van der Waals surface area contributed by atoms with E-state index in [-0.39, 0.29) is 10.8 Å². The summed E-state index contributed by atoms with van der Waals surface area (Å²) in [6.45, 7) is 4.14. The van der Waals surface area contributed by atoms with Crippen molar-refractivity contribution in [3.63, 3.8) is 0 Å². The maximum Gasteiger partial charge on any atom is 0.270 e. The van der Waals surface area contributed by atoms with Crippen LogP contribution in [0.3, 0.4) is 0 Å². The van der Waals surface area contributed by atoms with Gasteiger partial charge in [-0.3, -0.25) is 4.79 Å². The summed E-state index contributed by atoms with van der Waals surface area (Å²) in [5, 5.41) is 1.99. The van der Waals surface area contributed by atoms with Gasteiger partial charge in [0.1, 0.15) is 10.6 Å². The summed E-state index contributed by atoms with van der Waals surface area (Å²) in [7, 11) is -1.81. The smallest absolute Gasteiger partial charge is 0.270 e. The largest absolute Gasteiger partial charge is 0.345 e. The van der Waals surface area contributed by atoms with Crippen LogP contribution in [0.25, 0.3) is 0 Å². The molecular weight excluding hydrogens is 370 g/mol. The standard InChI is InChI=1S/C18H25N3O3S2/c1-3-20(13-15-8-7-11-25-15)18(22)17-12-16(14-19(17)2)26(23,24)21-9-5-4-6-10-21/h7-8,11-12,14H,3-6,9-10,13H2,1-2H3. The normalized spacial score (nSPS) is 15.9. The Morgan fingerprint density at radius 2 is 2.00 bits per heavy atom. The van der Waals surface area contributed by atoms with E-state index in [1.54, 1.807) is 34.0 Å². The molecule has 0 saturated carbocycles. The molecule has 142 valence electrons. The van der Waals surface area contributed by atoms with E-state index in [1.165, 1.54) is 10.4 Å². The first kappa shape index (κ1) is 19.1. The highest BCUT2D eigenvalue weighted by molar-refractivity contribution is 7.89. The fourth-order valence-corrected chi connectivity index (χ4v) is 5.53. The van der Waals surface area contributed by atoms with Crippen molar-refractivity contribution < 1.29 is 13.2 Å². The third kappa shape index (κ3) is 3.87. The van der Waals surface area contributed by atoms with E-state index in [4.69, 9.17) is 0 Å². The van der Waals surface area contributed by atoms with Gasteiger partial charge in [0.05, 0.1) is 6.54 Å². The molecule has 3 rings (SSSR count). The van der Waals surface area contributed by atoms with Crippen LogP contribution in [-0.4, -0.2) is 47.7 Å². The second kappa shape index (κ2) is 7.94. The molecule has 0 atom stereocenters. The molecule has 1 amide bonds. The first-order valence-corrected chi connectivity index (χ1v) is 11.2. The predicted molar refractivity (Wildman–Crippen MR) is 103 cm³/mol. The lowest BCUT2D eigenvalue weighted by Crippen LogP contribution is -2.35. The van der Waals surface area contributed by atoms with Gasteiger partial charge in [-0.1, -0.05) is 12.5 Å². The summed E-state index contributed by atoms with van der Waals surface area (Å²) in [6, 6.07) is 5.48. The van der Waals surface area contributed by atoms with Gasteiger partial charge in [0.2, 0.25) is 10.0 Å². The number of carbonyl (C=O) groups excluding carboxylic acids is 1. The summed E-state index contributed by atoms with van der Waals surface area (Å²) in [5.41, 5.74) is 0.402. The highest BCUT2D eigenvalue weighted by atomic mass is 32.2. The fraction of sp³-hybridized carbons (Fsp3) is 0.500. The van der Waals surface area contributed by atoms with Crippen molar-refractivity contribution in [2.75, 3.05) is 19.6 Å². The Morgan fingerprint density at radius 1 is 1.27 bits per heavy atom. The third-order valence-electron chi connectivity index (χ3n) is 4.75. The minimum absolute atomic E-state index is 0.150. The topological polar surface area (TPSA) is 62.6 Å². The maximum atomic E-state index is 12.9. The van der Waals surface area contributed by atoms with Gasteiger partial charge in [-0.25, -0.2) is 8.42 Å².